The average molecular weight is 381 g/mol. The van der Waals surface area contributed by atoms with Crippen molar-refractivity contribution in [2.75, 3.05) is 31.1 Å². The Morgan fingerprint density at radius 1 is 1.21 bits per heavy atom. The van der Waals surface area contributed by atoms with E-state index in [4.69, 9.17) is 5.11 Å². The number of aromatic amines is 1. The van der Waals surface area contributed by atoms with Gasteiger partial charge in [0.15, 0.2) is 0 Å². The van der Waals surface area contributed by atoms with Crippen LogP contribution in [0.3, 0.4) is 0 Å². The molecular weight excluding hydrogens is 358 g/mol. The van der Waals surface area contributed by atoms with Gasteiger partial charge in [-0.15, -0.1) is 10.2 Å². The van der Waals surface area contributed by atoms with Gasteiger partial charge in [0.1, 0.15) is 11.4 Å². The van der Waals surface area contributed by atoms with E-state index < -0.39 is 0 Å². The number of benzene rings is 1. The summed E-state index contributed by atoms with van der Waals surface area (Å²) >= 11 is 0. The Kier molecular flexibility index (Phi) is 5.45. The summed E-state index contributed by atoms with van der Waals surface area (Å²) in [7, 11) is 0. The molecule has 0 amide bonds. The summed E-state index contributed by atoms with van der Waals surface area (Å²) < 4.78 is 0. The van der Waals surface area contributed by atoms with Crippen molar-refractivity contribution >= 4 is 5.95 Å². The Morgan fingerprint density at radius 2 is 2.14 bits per heavy atom. The third-order valence-corrected chi connectivity index (χ3v) is 4.89. The molecule has 2 aromatic heterocycles. The molecule has 0 radical (unpaired) electrons. The second-order valence-corrected chi connectivity index (χ2v) is 6.83. The number of rotatable bonds is 7. The SMILES string of the molecule is OCCCNC1CCN(c2ncc(-c3ccc(-c4cn[nH]c4)cc3O)nn2)C1. The lowest BCUT2D eigenvalue weighted by atomic mass is 10.0. The number of aromatic hydroxyl groups is 1. The number of phenolic OH excluding ortho intramolecular Hbond substituents is 1. The van der Waals surface area contributed by atoms with Crippen molar-refractivity contribution in [3.05, 3.63) is 36.8 Å². The van der Waals surface area contributed by atoms with E-state index in [0.29, 0.717) is 23.2 Å². The molecule has 9 nitrogen and oxygen atoms in total. The maximum Gasteiger partial charge on any atom is 0.245 e. The number of aromatic nitrogens is 5. The first-order chi connectivity index (χ1) is 13.7. The molecule has 0 aliphatic carbocycles. The van der Waals surface area contributed by atoms with Gasteiger partial charge in [-0.25, -0.2) is 4.98 Å². The van der Waals surface area contributed by atoms with Gasteiger partial charge in [-0.2, -0.15) is 5.10 Å². The van der Waals surface area contributed by atoms with Gasteiger partial charge in [-0.1, -0.05) is 6.07 Å². The van der Waals surface area contributed by atoms with Crippen molar-refractivity contribution < 1.29 is 10.2 Å². The molecule has 1 fully saturated rings. The van der Waals surface area contributed by atoms with Crippen molar-refractivity contribution in [2.24, 2.45) is 0 Å². The standard InChI is InChI=1S/C19H23N7O2/c27-7-1-5-20-15-4-6-26(12-15)19-21-11-17(24-25-19)16-3-2-13(8-18(16)28)14-9-22-23-10-14/h2-3,8-11,15,20,27-28H,1,4-7,12H2,(H,22,23). The highest BCUT2D eigenvalue weighted by atomic mass is 16.3. The van der Waals surface area contributed by atoms with Crippen LogP contribution in [0.25, 0.3) is 22.4 Å². The fourth-order valence-electron chi connectivity index (χ4n) is 3.37. The van der Waals surface area contributed by atoms with Crippen LogP contribution in [0.15, 0.2) is 36.8 Å². The van der Waals surface area contributed by atoms with Crippen LogP contribution in [0.2, 0.25) is 0 Å². The summed E-state index contributed by atoms with van der Waals surface area (Å²) in [4.78, 5) is 6.53. The van der Waals surface area contributed by atoms with Crippen molar-refractivity contribution in [3.8, 4) is 28.1 Å². The topological polar surface area (TPSA) is 123 Å². The molecule has 9 heteroatoms. The predicted octanol–water partition coefficient (Wildman–Crippen LogP) is 1.18. The summed E-state index contributed by atoms with van der Waals surface area (Å²) in [6.45, 7) is 2.69. The van der Waals surface area contributed by atoms with Crippen LogP contribution in [-0.2, 0) is 0 Å². The normalized spacial score (nSPS) is 16.6. The number of nitrogens with zero attached hydrogens (tertiary/aromatic N) is 5. The smallest absolute Gasteiger partial charge is 0.245 e. The molecule has 4 rings (SSSR count). The zero-order valence-electron chi connectivity index (χ0n) is 15.4. The molecule has 1 aliphatic rings. The number of phenols is 1. The van der Waals surface area contributed by atoms with Gasteiger partial charge in [0.25, 0.3) is 0 Å². The van der Waals surface area contributed by atoms with Gasteiger partial charge in [0, 0.05) is 43.1 Å². The largest absolute Gasteiger partial charge is 0.507 e. The summed E-state index contributed by atoms with van der Waals surface area (Å²) in [5.74, 6) is 0.710. The van der Waals surface area contributed by atoms with Crippen molar-refractivity contribution in [1.82, 2.24) is 30.7 Å². The third-order valence-electron chi connectivity index (χ3n) is 4.89. The molecule has 0 bridgehead atoms. The first-order valence-corrected chi connectivity index (χ1v) is 9.36. The van der Waals surface area contributed by atoms with Crippen LogP contribution >= 0.6 is 0 Å². The van der Waals surface area contributed by atoms with Crippen molar-refractivity contribution in [3.63, 3.8) is 0 Å². The van der Waals surface area contributed by atoms with E-state index in [9.17, 15) is 5.11 Å². The van der Waals surface area contributed by atoms with E-state index >= 15 is 0 Å². The molecule has 1 saturated heterocycles. The maximum absolute atomic E-state index is 10.4. The molecule has 3 heterocycles. The third kappa shape index (κ3) is 3.95. The monoisotopic (exact) mass is 381 g/mol. The van der Waals surface area contributed by atoms with E-state index in [-0.39, 0.29) is 12.4 Å². The second-order valence-electron chi connectivity index (χ2n) is 6.83. The van der Waals surface area contributed by atoms with Crippen LogP contribution in [0.4, 0.5) is 5.95 Å². The number of anilines is 1. The summed E-state index contributed by atoms with van der Waals surface area (Å²) in [5.41, 5.74) is 2.88. The minimum Gasteiger partial charge on any atom is -0.507 e. The minimum absolute atomic E-state index is 0.122. The van der Waals surface area contributed by atoms with Gasteiger partial charge in [0.05, 0.1) is 12.4 Å². The van der Waals surface area contributed by atoms with E-state index in [0.717, 1.165) is 43.6 Å². The Morgan fingerprint density at radius 3 is 2.86 bits per heavy atom. The van der Waals surface area contributed by atoms with E-state index in [1.165, 1.54) is 0 Å². The number of hydrogen-bond acceptors (Lipinski definition) is 8. The van der Waals surface area contributed by atoms with Gasteiger partial charge >= 0.3 is 0 Å². The molecule has 1 unspecified atom stereocenters. The van der Waals surface area contributed by atoms with Crippen molar-refractivity contribution in [2.45, 2.75) is 18.9 Å². The fourth-order valence-corrected chi connectivity index (χ4v) is 3.37. The lowest BCUT2D eigenvalue weighted by molar-refractivity contribution is 0.284. The zero-order valence-corrected chi connectivity index (χ0v) is 15.4. The Bertz CT molecular complexity index is 899. The van der Waals surface area contributed by atoms with Crippen LogP contribution in [0.1, 0.15) is 12.8 Å². The Balaban J connectivity index is 1.44. The number of nitrogens with one attached hydrogen (secondary N) is 2. The van der Waals surface area contributed by atoms with Crippen LogP contribution in [0.5, 0.6) is 5.75 Å². The Hall–Kier alpha value is -3.04. The minimum atomic E-state index is 0.122. The van der Waals surface area contributed by atoms with Crippen molar-refractivity contribution in [1.29, 1.82) is 0 Å². The summed E-state index contributed by atoms with van der Waals surface area (Å²) in [6.07, 6.45) is 6.87. The maximum atomic E-state index is 10.4. The van der Waals surface area contributed by atoms with Gasteiger partial charge < -0.3 is 20.4 Å². The lowest BCUT2D eigenvalue weighted by Gasteiger charge is -2.16. The quantitative estimate of drug-likeness (QED) is 0.450. The summed E-state index contributed by atoms with van der Waals surface area (Å²) in [6, 6.07) is 5.76. The second kappa shape index (κ2) is 8.32. The molecule has 1 aliphatic heterocycles. The number of aliphatic hydroxyl groups is 1. The fraction of sp³-hybridized carbons (Fsp3) is 0.368. The van der Waals surface area contributed by atoms with E-state index in [1.54, 1.807) is 30.7 Å². The molecule has 28 heavy (non-hydrogen) atoms. The molecule has 4 N–H and O–H groups in total. The van der Waals surface area contributed by atoms with Crippen LogP contribution in [-0.4, -0.2) is 67.9 Å². The Labute approximate surface area is 162 Å². The van der Waals surface area contributed by atoms with Gasteiger partial charge in [-0.3, -0.25) is 5.10 Å². The molecule has 0 saturated carbocycles. The highest BCUT2D eigenvalue weighted by Gasteiger charge is 2.24. The lowest BCUT2D eigenvalue weighted by Crippen LogP contribution is -2.34. The molecule has 0 spiro atoms. The van der Waals surface area contributed by atoms with Gasteiger partial charge in [0.2, 0.25) is 5.95 Å². The van der Waals surface area contributed by atoms with E-state index in [2.05, 4.69) is 35.6 Å². The number of H-pyrrole nitrogens is 1. The summed E-state index contributed by atoms with van der Waals surface area (Å²) in [5, 5.41) is 37.9. The first-order valence-electron chi connectivity index (χ1n) is 9.36. The molecule has 1 atom stereocenters. The number of hydrogen-bond donors (Lipinski definition) is 4. The average Bonchev–Trinajstić information content (AvgIpc) is 3.41. The van der Waals surface area contributed by atoms with Crippen LogP contribution < -0.4 is 10.2 Å². The zero-order chi connectivity index (χ0) is 19.3. The highest BCUT2D eigenvalue weighted by Crippen LogP contribution is 2.32. The first kappa shape index (κ1) is 18.3. The highest BCUT2D eigenvalue weighted by molar-refractivity contribution is 5.73. The molecule has 146 valence electrons. The predicted molar refractivity (Wildman–Crippen MR) is 105 cm³/mol. The number of aliphatic hydroxyl groups excluding tert-OH is 1. The van der Waals surface area contributed by atoms with Crippen LogP contribution in [0, 0.1) is 0 Å². The van der Waals surface area contributed by atoms with Gasteiger partial charge in [-0.05, 0) is 37.1 Å². The van der Waals surface area contributed by atoms with E-state index in [1.807, 2.05) is 6.07 Å². The molecular formula is C19H23N7O2. The molecule has 1 aromatic carbocycles. The molecule has 3 aromatic rings.